The third-order valence-corrected chi connectivity index (χ3v) is 3.88. The highest BCUT2D eigenvalue weighted by atomic mass is 19.4. The van der Waals surface area contributed by atoms with E-state index in [2.05, 4.69) is 19.9 Å². The van der Waals surface area contributed by atoms with Crippen molar-refractivity contribution in [1.82, 2.24) is 9.78 Å². The molecule has 29 heavy (non-hydrogen) atoms. The third kappa shape index (κ3) is 5.56. The van der Waals surface area contributed by atoms with Crippen LogP contribution in [0.1, 0.15) is 38.5 Å². The number of nitrogens with zero attached hydrogens (tertiary/aromatic N) is 2. The maximum atomic E-state index is 12.7. The Morgan fingerprint density at radius 3 is 2.03 bits per heavy atom. The van der Waals surface area contributed by atoms with Crippen LogP contribution in [-0.2, 0) is 27.0 Å². The lowest BCUT2D eigenvalue weighted by atomic mass is 10.1. The maximum absolute atomic E-state index is 12.7. The number of methoxy groups -OCH3 is 2. The first kappa shape index (κ1) is 21.9. The number of halogens is 3. The van der Waals surface area contributed by atoms with Gasteiger partial charge in [0.1, 0.15) is 0 Å². The summed E-state index contributed by atoms with van der Waals surface area (Å²) in [6, 6.07) is 4.74. The lowest BCUT2D eigenvalue weighted by Gasteiger charge is -2.10. The van der Waals surface area contributed by atoms with E-state index in [0.717, 1.165) is 25.0 Å². The second-order valence-electron chi connectivity index (χ2n) is 5.97. The second-order valence-corrected chi connectivity index (χ2v) is 5.97. The fraction of sp³-hybridized carbons (Fsp3) is 0.333. The van der Waals surface area contributed by atoms with Crippen molar-refractivity contribution in [3.8, 4) is 0 Å². The number of esters is 2. The number of hydrogen-bond acceptors (Lipinski definition) is 6. The molecule has 0 radical (unpaired) electrons. The van der Waals surface area contributed by atoms with Gasteiger partial charge in [-0.2, -0.15) is 18.3 Å². The molecule has 0 fully saturated rings. The highest BCUT2D eigenvalue weighted by Gasteiger charge is 2.34. The standard InChI is InChI=1S/C18H18F3N3O5/c1-10-6-14(18(19,20)21)23-24(10)5-4-15(25)22-13-8-11(16(26)28-2)7-12(9-13)17(27)29-3/h6-9H,4-5H2,1-3H3,(H,22,25). The molecule has 0 saturated heterocycles. The minimum absolute atomic E-state index is 0.0171. The summed E-state index contributed by atoms with van der Waals surface area (Å²) in [6.45, 7) is 1.36. The predicted octanol–water partition coefficient (Wildman–Crippen LogP) is 2.81. The van der Waals surface area contributed by atoms with E-state index in [1.54, 1.807) is 0 Å². The van der Waals surface area contributed by atoms with Crippen molar-refractivity contribution in [1.29, 1.82) is 0 Å². The molecule has 0 aliphatic carbocycles. The summed E-state index contributed by atoms with van der Waals surface area (Å²) < 4.78 is 48.4. The van der Waals surface area contributed by atoms with Gasteiger partial charge >= 0.3 is 18.1 Å². The van der Waals surface area contributed by atoms with E-state index in [-0.39, 0.29) is 35.5 Å². The summed E-state index contributed by atoms with van der Waals surface area (Å²) in [6.07, 6.45) is -4.76. The molecule has 11 heteroatoms. The van der Waals surface area contributed by atoms with Gasteiger partial charge in [-0.15, -0.1) is 0 Å². The van der Waals surface area contributed by atoms with Crippen LogP contribution in [-0.4, -0.2) is 41.8 Å². The van der Waals surface area contributed by atoms with E-state index in [1.807, 2.05) is 0 Å². The minimum atomic E-state index is -4.57. The topological polar surface area (TPSA) is 99.5 Å². The molecule has 0 spiro atoms. The fourth-order valence-electron chi connectivity index (χ4n) is 2.48. The van der Waals surface area contributed by atoms with Gasteiger partial charge in [0, 0.05) is 24.3 Å². The van der Waals surface area contributed by atoms with E-state index in [1.165, 1.54) is 25.1 Å². The normalized spacial score (nSPS) is 11.1. The Balaban J connectivity index is 2.13. The maximum Gasteiger partial charge on any atom is 0.435 e. The van der Waals surface area contributed by atoms with Gasteiger partial charge in [0.25, 0.3) is 0 Å². The highest BCUT2D eigenvalue weighted by molar-refractivity contribution is 5.99. The van der Waals surface area contributed by atoms with Crippen molar-refractivity contribution in [2.75, 3.05) is 19.5 Å². The number of rotatable bonds is 6. The average molecular weight is 413 g/mol. The Labute approximate surface area is 163 Å². The molecule has 2 aromatic rings. The zero-order chi connectivity index (χ0) is 21.8. The van der Waals surface area contributed by atoms with Crippen molar-refractivity contribution < 1.29 is 37.0 Å². The van der Waals surface area contributed by atoms with Gasteiger partial charge in [-0.3, -0.25) is 9.48 Å². The van der Waals surface area contributed by atoms with E-state index >= 15 is 0 Å². The lowest BCUT2D eigenvalue weighted by Crippen LogP contribution is -2.17. The molecule has 1 heterocycles. The first-order valence-electron chi connectivity index (χ1n) is 8.28. The first-order valence-corrected chi connectivity index (χ1v) is 8.28. The van der Waals surface area contributed by atoms with Crippen LogP contribution in [0.4, 0.5) is 18.9 Å². The predicted molar refractivity (Wildman–Crippen MR) is 94.3 cm³/mol. The molecule has 8 nitrogen and oxygen atoms in total. The summed E-state index contributed by atoms with van der Waals surface area (Å²) >= 11 is 0. The first-order chi connectivity index (χ1) is 13.5. The van der Waals surface area contributed by atoms with Gasteiger partial charge in [0.15, 0.2) is 5.69 Å². The van der Waals surface area contributed by atoms with E-state index in [9.17, 15) is 27.6 Å². The van der Waals surface area contributed by atoms with Crippen molar-refractivity contribution >= 4 is 23.5 Å². The molecule has 0 saturated carbocycles. The Kier molecular flexibility index (Phi) is 6.62. The Hall–Kier alpha value is -3.37. The Morgan fingerprint density at radius 2 is 1.59 bits per heavy atom. The SMILES string of the molecule is COC(=O)c1cc(NC(=O)CCn2nc(C(F)(F)F)cc2C)cc(C(=O)OC)c1. The number of carbonyl (C=O) groups excluding carboxylic acids is 3. The number of aryl methyl sites for hydroxylation is 2. The molecule has 1 N–H and O–H groups in total. The monoisotopic (exact) mass is 413 g/mol. The van der Waals surface area contributed by atoms with Crippen LogP contribution in [0.25, 0.3) is 0 Å². The highest BCUT2D eigenvalue weighted by Crippen LogP contribution is 2.28. The summed E-state index contributed by atoms with van der Waals surface area (Å²) in [5.74, 6) is -2.00. The van der Waals surface area contributed by atoms with Crippen molar-refractivity contribution in [2.24, 2.45) is 0 Å². The van der Waals surface area contributed by atoms with Crippen LogP contribution in [0.5, 0.6) is 0 Å². The Bertz CT molecular complexity index is 903. The zero-order valence-electron chi connectivity index (χ0n) is 15.8. The van der Waals surface area contributed by atoms with Crippen LogP contribution in [0.2, 0.25) is 0 Å². The van der Waals surface area contributed by atoms with Gasteiger partial charge in [0.05, 0.1) is 25.3 Å². The number of nitrogens with one attached hydrogen (secondary N) is 1. The molecule has 0 unspecified atom stereocenters. The number of hydrogen-bond donors (Lipinski definition) is 1. The molecule has 0 aliphatic heterocycles. The minimum Gasteiger partial charge on any atom is -0.465 e. The van der Waals surface area contributed by atoms with Gasteiger partial charge in [-0.05, 0) is 31.2 Å². The second kappa shape index (κ2) is 8.76. The average Bonchev–Trinajstić information content (AvgIpc) is 3.05. The molecule has 1 aromatic carbocycles. The van der Waals surface area contributed by atoms with Crippen LogP contribution in [0.3, 0.4) is 0 Å². The summed E-state index contributed by atoms with van der Waals surface area (Å²) in [5.41, 5.74) is -0.618. The molecule has 156 valence electrons. The summed E-state index contributed by atoms with van der Waals surface area (Å²) in [7, 11) is 2.32. The molecule has 0 aliphatic rings. The van der Waals surface area contributed by atoms with Crippen LogP contribution in [0, 0.1) is 6.92 Å². The van der Waals surface area contributed by atoms with E-state index in [0.29, 0.717) is 0 Å². The quantitative estimate of drug-likeness (QED) is 0.731. The Morgan fingerprint density at radius 1 is 1.03 bits per heavy atom. The van der Waals surface area contributed by atoms with Crippen LogP contribution < -0.4 is 5.32 Å². The molecular weight excluding hydrogens is 395 g/mol. The van der Waals surface area contributed by atoms with Crippen molar-refractivity contribution in [3.05, 3.63) is 46.8 Å². The number of aromatic nitrogens is 2. The molecule has 0 atom stereocenters. The number of anilines is 1. The van der Waals surface area contributed by atoms with E-state index in [4.69, 9.17) is 0 Å². The number of amides is 1. The molecular formula is C18H18F3N3O5. The number of alkyl halides is 3. The van der Waals surface area contributed by atoms with Gasteiger partial charge in [-0.1, -0.05) is 0 Å². The van der Waals surface area contributed by atoms with Gasteiger partial charge < -0.3 is 14.8 Å². The van der Waals surface area contributed by atoms with Crippen LogP contribution in [0.15, 0.2) is 24.3 Å². The largest absolute Gasteiger partial charge is 0.465 e. The molecule has 0 bridgehead atoms. The van der Waals surface area contributed by atoms with Crippen LogP contribution >= 0.6 is 0 Å². The number of ether oxygens (including phenoxy) is 2. The third-order valence-electron chi connectivity index (χ3n) is 3.88. The summed E-state index contributed by atoms with van der Waals surface area (Å²) in [4.78, 5) is 35.7. The molecule has 1 aromatic heterocycles. The lowest BCUT2D eigenvalue weighted by molar-refractivity contribution is -0.141. The molecule has 1 amide bonds. The van der Waals surface area contributed by atoms with Crippen molar-refractivity contribution in [3.63, 3.8) is 0 Å². The van der Waals surface area contributed by atoms with E-state index < -0.39 is 29.7 Å². The van der Waals surface area contributed by atoms with Crippen molar-refractivity contribution in [2.45, 2.75) is 26.1 Å². The van der Waals surface area contributed by atoms with Gasteiger partial charge in [-0.25, -0.2) is 9.59 Å². The smallest absolute Gasteiger partial charge is 0.435 e. The molecule has 2 rings (SSSR count). The number of benzene rings is 1. The summed E-state index contributed by atoms with van der Waals surface area (Å²) in [5, 5.41) is 5.94. The fourth-order valence-corrected chi connectivity index (χ4v) is 2.48. The number of carbonyl (C=O) groups is 3. The van der Waals surface area contributed by atoms with Gasteiger partial charge in [0.2, 0.25) is 5.91 Å². The zero-order valence-corrected chi connectivity index (χ0v) is 15.8.